The Morgan fingerprint density at radius 1 is 1.31 bits per heavy atom. The molecule has 1 N–H and O–H groups in total. The molecule has 2 rings (SSSR count). The zero-order chi connectivity index (χ0) is 19.3. The lowest BCUT2D eigenvalue weighted by Crippen LogP contribution is -2.35. The summed E-state index contributed by atoms with van der Waals surface area (Å²) in [6.45, 7) is 9.44. The van der Waals surface area contributed by atoms with E-state index in [4.69, 9.17) is 14.6 Å². The van der Waals surface area contributed by atoms with Gasteiger partial charge < -0.3 is 19.5 Å². The maximum atomic E-state index is 12.1. The van der Waals surface area contributed by atoms with Crippen LogP contribution in [0.5, 0.6) is 5.75 Å². The van der Waals surface area contributed by atoms with Crippen LogP contribution in [0.15, 0.2) is 18.2 Å². The van der Waals surface area contributed by atoms with Gasteiger partial charge in [0.2, 0.25) is 0 Å². The Kier molecular flexibility index (Phi) is 6.51. The summed E-state index contributed by atoms with van der Waals surface area (Å²) in [4.78, 5) is 24.5. The number of aliphatic carboxylic acids is 1. The molecular formula is C20H29NO5. The number of hydrogen-bond acceptors (Lipinski definition) is 4. The monoisotopic (exact) mass is 363 g/mol. The predicted molar refractivity (Wildman–Crippen MR) is 98.5 cm³/mol. The van der Waals surface area contributed by atoms with Gasteiger partial charge in [-0.1, -0.05) is 6.07 Å². The van der Waals surface area contributed by atoms with E-state index < -0.39 is 11.6 Å². The molecule has 6 heteroatoms. The van der Waals surface area contributed by atoms with Crippen molar-refractivity contribution in [2.24, 2.45) is 5.92 Å². The summed E-state index contributed by atoms with van der Waals surface area (Å²) in [5, 5.41) is 8.79. The van der Waals surface area contributed by atoms with Crippen molar-refractivity contribution in [3.8, 4) is 5.75 Å². The van der Waals surface area contributed by atoms with Crippen LogP contribution in [0.2, 0.25) is 0 Å². The first-order chi connectivity index (χ1) is 12.1. The highest BCUT2D eigenvalue weighted by molar-refractivity contribution is 5.68. The zero-order valence-electron chi connectivity index (χ0n) is 16.1. The summed E-state index contributed by atoms with van der Waals surface area (Å²) in [5.74, 6) is 0.271. The number of amides is 1. The van der Waals surface area contributed by atoms with E-state index >= 15 is 0 Å². The molecule has 1 amide bonds. The zero-order valence-corrected chi connectivity index (χ0v) is 16.1. The first-order valence-corrected chi connectivity index (χ1v) is 9.06. The summed E-state index contributed by atoms with van der Waals surface area (Å²) in [6.07, 6.45) is 1.28. The molecule has 1 saturated heterocycles. The van der Waals surface area contributed by atoms with E-state index in [1.165, 1.54) is 0 Å². The van der Waals surface area contributed by atoms with E-state index in [0.717, 1.165) is 23.3 Å². The molecule has 0 aliphatic carbocycles. The molecule has 1 heterocycles. The second kappa shape index (κ2) is 8.43. The number of aryl methyl sites for hydroxylation is 2. The van der Waals surface area contributed by atoms with Gasteiger partial charge in [0.1, 0.15) is 11.4 Å². The lowest BCUT2D eigenvalue weighted by molar-refractivity contribution is -0.136. The van der Waals surface area contributed by atoms with Crippen LogP contribution in [0, 0.1) is 12.8 Å². The van der Waals surface area contributed by atoms with Crippen molar-refractivity contribution < 1.29 is 24.2 Å². The lowest BCUT2D eigenvalue weighted by atomic mass is 10.0. The van der Waals surface area contributed by atoms with Gasteiger partial charge in [-0.25, -0.2) is 4.79 Å². The van der Waals surface area contributed by atoms with Crippen LogP contribution in [0.25, 0.3) is 0 Å². The number of hydrogen-bond donors (Lipinski definition) is 1. The van der Waals surface area contributed by atoms with Crippen molar-refractivity contribution in [2.75, 3.05) is 19.7 Å². The van der Waals surface area contributed by atoms with E-state index in [1.54, 1.807) is 4.90 Å². The van der Waals surface area contributed by atoms with Crippen molar-refractivity contribution in [1.29, 1.82) is 0 Å². The largest absolute Gasteiger partial charge is 0.493 e. The number of rotatable bonds is 6. The first kappa shape index (κ1) is 20.1. The molecule has 1 aromatic rings. The number of carboxylic acids is 1. The van der Waals surface area contributed by atoms with Crippen LogP contribution < -0.4 is 4.74 Å². The minimum absolute atomic E-state index is 0.129. The highest BCUT2D eigenvalue weighted by atomic mass is 16.6. The molecule has 0 spiro atoms. The van der Waals surface area contributed by atoms with Crippen LogP contribution in [0.4, 0.5) is 4.79 Å². The van der Waals surface area contributed by atoms with Crippen LogP contribution in [-0.2, 0) is 16.0 Å². The quantitative estimate of drug-likeness (QED) is 0.835. The number of ether oxygens (including phenoxy) is 2. The van der Waals surface area contributed by atoms with E-state index in [0.29, 0.717) is 26.1 Å². The van der Waals surface area contributed by atoms with Gasteiger partial charge in [-0.3, -0.25) is 4.79 Å². The van der Waals surface area contributed by atoms with Crippen LogP contribution in [0.3, 0.4) is 0 Å². The first-order valence-electron chi connectivity index (χ1n) is 9.06. The molecular weight excluding hydrogens is 334 g/mol. The SMILES string of the molecule is Cc1cc(OCC2CCN(C(=O)OC(C)(C)C)C2)ccc1CCC(=O)O. The molecule has 26 heavy (non-hydrogen) atoms. The van der Waals surface area contributed by atoms with Gasteiger partial charge in [0.05, 0.1) is 6.61 Å². The standard InChI is InChI=1S/C20H29NO5/c1-14-11-17(7-5-16(14)6-8-18(22)23)25-13-15-9-10-21(12-15)19(24)26-20(2,3)4/h5,7,11,15H,6,8-10,12-13H2,1-4H3,(H,22,23). The predicted octanol–water partition coefficient (Wildman–Crippen LogP) is 3.65. The Morgan fingerprint density at radius 2 is 2.04 bits per heavy atom. The van der Waals surface area contributed by atoms with Gasteiger partial charge in [-0.05, 0) is 63.8 Å². The second-order valence-electron chi connectivity index (χ2n) is 7.87. The van der Waals surface area contributed by atoms with Gasteiger partial charge in [-0.15, -0.1) is 0 Å². The summed E-state index contributed by atoms with van der Waals surface area (Å²) in [7, 11) is 0. The van der Waals surface area contributed by atoms with Gasteiger partial charge in [0.25, 0.3) is 0 Å². The molecule has 0 radical (unpaired) electrons. The van der Waals surface area contributed by atoms with Crippen molar-refractivity contribution in [2.45, 2.75) is 52.6 Å². The fourth-order valence-electron chi connectivity index (χ4n) is 2.96. The second-order valence-corrected chi connectivity index (χ2v) is 7.87. The Morgan fingerprint density at radius 3 is 2.65 bits per heavy atom. The fourth-order valence-corrected chi connectivity index (χ4v) is 2.96. The van der Waals surface area contributed by atoms with E-state index in [9.17, 15) is 9.59 Å². The molecule has 0 aromatic heterocycles. The molecule has 1 fully saturated rings. The number of carboxylic acid groups (broad SMARTS) is 1. The number of carbonyl (C=O) groups is 2. The number of benzene rings is 1. The number of likely N-dealkylation sites (tertiary alicyclic amines) is 1. The average molecular weight is 363 g/mol. The average Bonchev–Trinajstić information content (AvgIpc) is 2.99. The Bertz CT molecular complexity index is 650. The van der Waals surface area contributed by atoms with Gasteiger partial charge in [-0.2, -0.15) is 0 Å². The highest BCUT2D eigenvalue weighted by Gasteiger charge is 2.30. The van der Waals surface area contributed by atoms with Crippen molar-refractivity contribution in [3.05, 3.63) is 29.3 Å². The summed E-state index contributed by atoms with van der Waals surface area (Å²) >= 11 is 0. The van der Waals surface area contributed by atoms with Gasteiger partial charge >= 0.3 is 12.1 Å². The maximum absolute atomic E-state index is 12.1. The molecule has 1 aliphatic rings. The van der Waals surface area contributed by atoms with E-state index in [2.05, 4.69) is 0 Å². The van der Waals surface area contributed by atoms with Crippen molar-refractivity contribution >= 4 is 12.1 Å². The molecule has 0 saturated carbocycles. The third-order valence-electron chi connectivity index (χ3n) is 4.35. The normalized spacial score (nSPS) is 17.2. The Hall–Kier alpha value is -2.24. The van der Waals surface area contributed by atoms with E-state index in [1.807, 2.05) is 45.9 Å². The third-order valence-corrected chi connectivity index (χ3v) is 4.35. The third kappa shape index (κ3) is 6.24. The van der Waals surface area contributed by atoms with E-state index in [-0.39, 0.29) is 18.4 Å². The maximum Gasteiger partial charge on any atom is 0.410 e. The molecule has 1 aromatic carbocycles. The smallest absolute Gasteiger partial charge is 0.410 e. The van der Waals surface area contributed by atoms with Gasteiger partial charge in [0, 0.05) is 25.4 Å². The molecule has 1 aliphatic heterocycles. The summed E-state index contributed by atoms with van der Waals surface area (Å²) in [6, 6.07) is 5.75. The summed E-state index contributed by atoms with van der Waals surface area (Å²) in [5.41, 5.74) is 1.58. The summed E-state index contributed by atoms with van der Waals surface area (Å²) < 4.78 is 11.3. The Balaban J connectivity index is 1.81. The minimum Gasteiger partial charge on any atom is -0.493 e. The molecule has 1 atom stereocenters. The van der Waals surface area contributed by atoms with Crippen molar-refractivity contribution in [3.63, 3.8) is 0 Å². The fraction of sp³-hybridized carbons (Fsp3) is 0.600. The number of nitrogens with zero attached hydrogens (tertiary/aromatic N) is 1. The number of carbonyl (C=O) groups excluding carboxylic acids is 1. The Labute approximate surface area is 155 Å². The van der Waals surface area contributed by atoms with Crippen LogP contribution in [-0.4, -0.2) is 47.4 Å². The van der Waals surface area contributed by atoms with Crippen molar-refractivity contribution in [1.82, 2.24) is 4.90 Å². The molecule has 0 bridgehead atoms. The molecule has 6 nitrogen and oxygen atoms in total. The topological polar surface area (TPSA) is 76.1 Å². The van der Waals surface area contributed by atoms with Gasteiger partial charge in [0.15, 0.2) is 0 Å². The van der Waals surface area contributed by atoms with Crippen LogP contribution in [0.1, 0.15) is 44.7 Å². The molecule has 1 unspecified atom stereocenters. The molecule has 144 valence electrons. The minimum atomic E-state index is -0.791. The lowest BCUT2D eigenvalue weighted by Gasteiger charge is -2.24. The highest BCUT2D eigenvalue weighted by Crippen LogP contribution is 2.23. The van der Waals surface area contributed by atoms with Crippen LogP contribution >= 0.6 is 0 Å².